The second-order valence-corrected chi connectivity index (χ2v) is 5.89. The average molecular weight is 298 g/mol. The Labute approximate surface area is 134 Å². The van der Waals surface area contributed by atoms with Gasteiger partial charge in [0.05, 0.1) is 13.2 Å². The number of hydrogen-bond donors (Lipinski definition) is 0. The lowest BCUT2D eigenvalue weighted by atomic mass is 9.78. The van der Waals surface area contributed by atoms with E-state index in [0.29, 0.717) is 19.6 Å². The van der Waals surface area contributed by atoms with Gasteiger partial charge in [0.15, 0.2) is 0 Å². The summed E-state index contributed by atoms with van der Waals surface area (Å²) in [4.78, 5) is 0. The van der Waals surface area contributed by atoms with Crippen LogP contribution in [0.25, 0.3) is 5.57 Å². The van der Waals surface area contributed by atoms with Crippen LogP contribution >= 0.6 is 0 Å². The molecule has 0 amide bonds. The average Bonchev–Trinajstić information content (AvgIpc) is 2.48. The number of allylic oxidation sites excluding steroid dienone is 1. The first-order valence-electron chi connectivity index (χ1n) is 7.46. The number of terminal acetylenes is 1. The summed E-state index contributed by atoms with van der Waals surface area (Å²) in [6.07, 6.45) is 6.97. The van der Waals surface area contributed by atoms with Gasteiger partial charge in [0, 0.05) is 31.6 Å². The van der Waals surface area contributed by atoms with Crippen LogP contribution in [0.2, 0.25) is 0 Å². The summed E-state index contributed by atoms with van der Waals surface area (Å²) in [5.74, 6) is 2.78. The van der Waals surface area contributed by atoms with Gasteiger partial charge in [-0.2, -0.15) is 0 Å². The van der Waals surface area contributed by atoms with E-state index in [1.165, 1.54) is 0 Å². The summed E-state index contributed by atoms with van der Waals surface area (Å²) < 4.78 is 10.9. The van der Waals surface area contributed by atoms with Crippen molar-refractivity contribution in [2.45, 2.75) is 26.7 Å². The SMILES string of the molecule is C#CCC(COC)(COC)CC(=C=C(C)C)c1ccccc1. The zero-order valence-electron chi connectivity index (χ0n) is 14.1. The molecule has 0 fully saturated rings. The van der Waals surface area contributed by atoms with Gasteiger partial charge < -0.3 is 9.47 Å². The van der Waals surface area contributed by atoms with Gasteiger partial charge >= 0.3 is 0 Å². The van der Waals surface area contributed by atoms with E-state index in [2.05, 4.69) is 37.6 Å². The van der Waals surface area contributed by atoms with Gasteiger partial charge in [-0.05, 0) is 31.4 Å². The first-order valence-corrected chi connectivity index (χ1v) is 7.46. The fourth-order valence-corrected chi connectivity index (χ4v) is 2.67. The van der Waals surface area contributed by atoms with Crippen molar-refractivity contribution < 1.29 is 9.47 Å². The number of hydrogen-bond acceptors (Lipinski definition) is 2. The maximum atomic E-state index is 5.59. The molecule has 0 saturated carbocycles. The minimum absolute atomic E-state index is 0.230. The number of ether oxygens (including phenoxy) is 2. The van der Waals surface area contributed by atoms with Crippen molar-refractivity contribution in [1.82, 2.24) is 0 Å². The van der Waals surface area contributed by atoms with Crippen molar-refractivity contribution >= 4 is 5.57 Å². The summed E-state index contributed by atoms with van der Waals surface area (Å²) in [7, 11) is 3.40. The minimum Gasteiger partial charge on any atom is -0.384 e. The molecule has 2 nitrogen and oxygen atoms in total. The molecule has 0 radical (unpaired) electrons. The second kappa shape index (κ2) is 9.28. The maximum Gasteiger partial charge on any atom is 0.0553 e. The molecule has 0 aromatic heterocycles. The Hall–Kier alpha value is -1.78. The standard InChI is InChI=1S/C20H26O2/c1-6-12-20(15-21-4,16-22-5)14-19(13-17(2)3)18-10-8-7-9-11-18/h1,7-11H,12,14-16H2,2-5H3. The molecular formula is C20H26O2. The predicted molar refractivity (Wildman–Crippen MR) is 92.5 cm³/mol. The van der Waals surface area contributed by atoms with Crippen LogP contribution in [0.3, 0.4) is 0 Å². The van der Waals surface area contributed by atoms with E-state index < -0.39 is 0 Å². The molecule has 0 aliphatic rings. The van der Waals surface area contributed by atoms with Gasteiger partial charge in [0.25, 0.3) is 0 Å². The fraction of sp³-hybridized carbons (Fsp3) is 0.450. The van der Waals surface area contributed by atoms with E-state index in [-0.39, 0.29) is 5.41 Å². The molecule has 0 atom stereocenters. The van der Waals surface area contributed by atoms with Crippen molar-refractivity contribution in [2.75, 3.05) is 27.4 Å². The first-order chi connectivity index (χ1) is 10.6. The molecule has 0 aliphatic carbocycles. The Morgan fingerprint density at radius 1 is 1.09 bits per heavy atom. The Morgan fingerprint density at radius 2 is 1.68 bits per heavy atom. The van der Waals surface area contributed by atoms with Gasteiger partial charge in [0.1, 0.15) is 0 Å². The molecule has 0 saturated heterocycles. The minimum atomic E-state index is -0.230. The molecule has 1 rings (SSSR count). The summed E-state index contributed by atoms with van der Waals surface area (Å²) in [6, 6.07) is 10.3. The summed E-state index contributed by atoms with van der Waals surface area (Å²) in [5, 5.41) is 0. The molecule has 22 heavy (non-hydrogen) atoms. The van der Waals surface area contributed by atoms with Gasteiger partial charge in [-0.3, -0.25) is 0 Å². The highest BCUT2D eigenvalue weighted by atomic mass is 16.5. The van der Waals surface area contributed by atoms with E-state index in [1.54, 1.807) is 14.2 Å². The third-order valence-electron chi connectivity index (χ3n) is 3.45. The number of methoxy groups -OCH3 is 2. The zero-order valence-corrected chi connectivity index (χ0v) is 14.1. The highest BCUT2D eigenvalue weighted by molar-refractivity contribution is 5.66. The van der Waals surface area contributed by atoms with Crippen LogP contribution in [0.5, 0.6) is 0 Å². The van der Waals surface area contributed by atoms with Crippen molar-refractivity contribution in [2.24, 2.45) is 5.41 Å². The van der Waals surface area contributed by atoms with E-state index in [1.807, 2.05) is 18.2 Å². The van der Waals surface area contributed by atoms with Crippen molar-refractivity contribution in [1.29, 1.82) is 0 Å². The van der Waals surface area contributed by atoms with Crippen LogP contribution in [-0.2, 0) is 9.47 Å². The van der Waals surface area contributed by atoms with Gasteiger partial charge in [-0.25, -0.2) is 0 Å². The van der Waals surface area contributed by atoms with Crippen LogP contribution in [0.15, 0.2) is 41.6 Å². The van der Waals surface area contributed by atoms with Gasteiger partial charge in [-0.1, -0.05) is 30.3 Å². The molecule has 0 aliphatic heterocycles. The van der Waals surface area contributed by atoms with Gasteiger partial charge in [0.2, 0.25) is 0 Å². The monoisotopic (exact) mass is 298 g/mol. The van der Waals surface area contributed by atoms with Crippen molar-refractivity contribution in [3.05, 3.63) is 47.2 Å². The fourth-order valence-electron chi connectivity index (χ4n) is 2.67. The molecule has 118 valence electrons. The lowest BCUT2D eigenvalue weighted by molar-refractivity contribution is 0.0165. The molecule has 0 spiro atoms. The highest BCUT2D eigenvalue weighted by Gasteiger charge is 2.31. The first kappa shape index (κ1) is 18.3. The largest absolute Gasteiger partial charge is 0.384 e. The normalized spacial score (nSPS) is 10.7. The second-order valence-electron chi connectivity index (χ2n) is 5.89. The third-order valence-corrected chi connectivity index (χ3v) is 3.45. The van der Waals surface area contributed by atoms with Crippen LogP contribution < -0.4 is 0 Å². The summed E-state index contributed by atoms with van der Waals surface area (Å²) >= 11 is 0. The molecule has 0 bridgehead atoms. The van der Waals surface area contributed by atoms with E-state index >= 15 is 0 Å². The van der Waals surface area contributed by atoms with Crippen LogP contribution in [0.4, 0.5) is 0 Å². The smallest absolute Gasteiger partial charge is 0.0553 e. The van der Waals surface area contributed by atoms with E-state index in [0.717, 1.165) is 23.1 Å². The van der Waals surface area contributed by atoms with Crippen LogP contribution in [0, 0.1) is 17.8 Å². The molecule has 1 aromatic rings. The van der Waals surface area contributed by atoms with E-state index in [9.17, 15) is 0 Å². The third kappa shape index (κ3) is 5.54. The Balaban J connectivity index is 3.25. The topological polar surface area (TPSA) is 18.5 Å². The summed E-state index contributed by atoms with van der Waals surface area (Å²) in [6.45, 7) is 5.23. The van der Waals surface area contributed by atoms with Crippen molar-refractivity contribution in [3.8, 4) is 12.3 Å². The van der Waals surface area contributed by atoms with E-state index in [4.69, 9.17) is 15.9 Å². The molecule has 0 unspecified atom stereocenters. The Bertz CT molecular complexity index is 547. The molecule has 2 heteroatoms. The summed E-state index contributed by atoms with van der Waals surface area (Å²) in [5.41, 5.74) is 6.70. The molecule has 1 aromatic carbocycles. The lowest BCUT2D eigenvalue weighted by Crippen LogP contribution is -2.31. The molecular weight excluding hydrogens is 272 g/mol. The van der Waals surface area contributed by atoms with Crippen molar-refractivity contribution in [3.63, 3.8) is 0 Å². The lowest BCUT2D eigenvalue weighted by Gasteiger charge is -2.31. The number of rotatable bonds is 8. The van der Waals surface area contributed by atoms with Gasteiger partial charge in [-0.15, -0.1) is 18.1 Å². The predicted octanol–water partition coefficient (Wildman–Crippen LogP) is 4.33. The van der Waals surface area contributed by atoms with Crippen LogP contribution in [-0.4, -0.2) is 27.4 Å². The van der Waals surface area contributed by atoms with Crippen LogP contribution in [0.1, 0.15) is 32.3 Å². The maximum absolute atomic E-state index is 5.59. The molecule has 0 N–H and O–H groups in total. The zero-order chi connectivity index (χ0) is 16.4. The Kier molecular flexibility index (Phi) is 7.71. The molecule has 0 heterocycles. The highest BCUT2D eigenvalue weighted by Crippen LogP contribution is 2.35. The quantitative estimate of drug-likeness (QED) is 0.525. The number of benzene rings is 1. The Morgan fingerprint density at radius 3 is 2.14 bits per heavy atom.